The van der Waals surface area contributed by atoms with Crippen LogP contribution in [0.3, 0.4) is 0 Å². The smallest absolute Gasteiger partial charge is 0.357 e. The first-order valence-electron chi connectivity index (χ1n) is 4.83. The van der Waals surface area contributed by atoms with Gasteiger partial charge in [0.05, 0.1) is 11.3 Å². The zero-order valence-corrected chi connectivity index (χ0v) is 8.97. The van der Waals surface area contributed by atoms with Gasteiger partial charge in [-0.1, -0.05) is 6.92 Å². The molecule has 0 aliphatic heterocycles. The average Bonchev–Trinajstić information content (AvgIpc) is 2.82. The van der Waals surface area contributed by atoms with Gasteiger partial charge < -0.3 is 9.52 Å². The van der Waals surface area contributed by atoms with Crippen LogP contribution in [0.15, 0.2) is 16.9 Å². The van der Waals surface area contributed by atoms with E-state index >= 15 is 0 Å². The zero-order chi connectivity index (χ0) is 11.7. The summed E-state index contributed by atoms with van der Waals surface area (Å²) in [6.07, 6.45) is 3.63. The Morgan fingerprint density at radius 2 is 2.38 bits per heavy atom. The molecule has 0 aliphatic rings. The molecule has 0 aliphatic carbocycles. The maximum Gasteiger partial charge on any atom is 0.357 e. The van der Waals surface area contributed by atoms with Crippen LogP contribution in [0.25, 0.3) is 11.5 Å². The Bertz CT molecular complexity index is 527. The van der Waals surface area contributed by atoms with Gasteiger partial charge in [-0.05, 0) is 6.42 Å². The molecule has 0 bridgehead atoms. The third-order valence-corrected chi connectivity index (χ3v) is 2.19. The van der Waals surface area contributed by atoms with E-state index in [0.717, 1.165) is 23.9 Å². The largest absolute Gasteiger partial charge is 0.476 e. The van der Waals surface area contributed by atoms with Crippen molar-refractivity contribution in [1.29, 1.82) is 0 Å². The van der Waals surface area contributed by atoms with Gasteiger partial charge in [-0.2, -0.15) is 5.10 Å². The Kier molecular flexibility index (Phi) is 2.47. The summed E-state index contributed by atoms with van der Waals surface area (Å²) in [5, 5.41) is 13.0. The zero-order valence-electron chi connectivity index (χ0n) is 8.97. The lowest BCUT2D eigenvalue weighted by Crippen LogP contribution is -1.95. The first kappa shape index (κ1) is 10.4. The number of aryl methyl sites for hydroxylation is 2. The summed E-state index contributed by atoms with van der Waals surface area (Å²) in [7, 11) is 1.80. The highest BCUT2D eigenvalue weighted by Gasteiger charge is 2.16. The van der Waals surface area contributed by atoms with E-state index in [4.69, 9.17) is 9.52 Å². The third kappa shape index (κ3) is 1.69. The molecule has 84 valence electrons. The molecule has 0 saturated heterocycles. The van der Waals surface area contributed by atoms with Crippen LogP contribution in [-0.4, -0.2) is 25.8 Å². The molecule has 0 radical (unpaired) electrons. The number of carboxylic acids is 1. The fraction of sp³-hybridized carbons (Fsp3) is 0.300. The molecule has 6 nitrogen and oxygen atoms in total. The number of nitrogens with zero attached hydrogens (tertiary/aromatic N) is 3. The molecule has 0 aromatic carbocycles. The van der Waals surface area contributed by atoms with Crippen molar-refractivity contribution >= 4 is 5.97 Å². The van der Waals surface area contributed by atoms with Gasteiger partial charge in [0.1, 0.15) is 6.26 Å². The summed E-state index contributed by atoms with van der Waals surface area (Å²) in [5.74, 6) is -0.806. The number of hydrogen-bond donors (Lipinski definition) is 1. The standard InChI is InChI=1S/C10H11N3O3/c1-3-7-6(4-13(2)12-7)9-11-8(5-16-9)10(14)15/h4-5H,3H2,1-2H3,(H,14,15). The summed E-state index contributed by atoms with van der Waals surface area (Å²) in [4.78, 5) is 14.5. The summed E-state index contributed by atoms with van der Waals surface area (Å²) in [6, 6.07) is 0. The maximum atomic E-state index is 10.7. The van der Waals surface area contributed by atoms with Crippen molar-refractivity contribution in [2.75, 3.05) is 0 Å². The maximum absolute atomic E-state index is 10.7. The van der Waals surface area contributed by atoms with Gasteiger partial charge in [0.2, 0.25) is 5.89 Å². The molecule has 0 amide bonds. The molecular formula is C10H11N3O3. The molecule has 2 rings (SSSR count). The van der Waals surface area contributed by atoms with Gasteiger partial charge >= 0.3 is 5.97 Å². The van der Waals surface area contributed by atoms with E-state index in [-0.39, 0.29) is 5.69 Å². The van der Waals surface area contributed by atoms with Crippen LogP contribution >= 0.6 is 0 Å². The minimum Gasteiger partial charge on any atom is -0.476 e. The van der Waals surface area contributed by atoms with E-state index in [2.05, 4.69) is 10.1 Å². The third-order valence-electron chi connectivity index (χ3n) is 2.19. The highest BCUT2D eigenvalue weighted by Crippen LogP contribution is 2.22. The topological polar surface area (TPSA) is 81.2 Å². The lowest BCUT2D eigenvalue weighted by Gasteiger charge is -1.91. The molecule has 2 aromatic heterocycles. The summed E-state index contributed by atoms with van der Waals surface area (Å²) in [5.41, 5.74) is 1.47. The summed E-state index contributed by atoms with van der Waals surface area (Å²) >= 11 is 0. The quantitative estimate of drug-likeness (QED) is 0.845. The number of oxazole rings is 1. The average molecular weight is 221 g/mol. The summed E-state index contributed by atoms with van der Waals surface area (Å²) < 4.78 is 6.77. The van der Waals surface area contributed by atoms with Gasteiger partial charge in [0.15, 0.2) is 5.69 Å². The van der Waals surface area contributed by atoms with Crippen molar-refractivity contribution in [2.24, 2.45) is 7.05 Å². The van der Waals surface area contributed by atoms with E-state index in [1.807, 2.05) is 6.92 Å². The second-order valence-electron chi connectivity index (χ2n) is 3.36. The van der Waals surface area contributed by atoms with Crippen LogP contribution in [0.1, 0.15) is 23.1 Å². The molecule has 0 fully saturated rings. The molecule has 6 heteroatoms. The predicted octanol–water partition coefficient (Wildman–Crippen LogP) is 1.34. The lowest BCUT2D eigenvalue weighted by molar-refractivity contribution is 0.0690. The Morgan fingerprint density at radius 3 is 2.94 bits per heavy atom. The van der Waals surface area contributed by atoms with E-state index in [1.54, 1.807) is 17.9 Å². The van der Waals surface area contributed by atoms with E-state index < -0.39 is 5.97 Å². The highest BCUT2D eigenvalue weighted by molar-refractivity contribution is 5.85. The lowest BCUT2D eigenvalue weighted by atomic mass is 10.2. The van der Waals surface area contributed by atoms with Crippen molar-refractivity contribution in [3.63, 3.8) is 0 Å². The Balaban J connectivity index is 2.45. The van der Waals surface area contributed by atoms with Gasteiger partial charge in [0, 0.05) is 13.2 Å². The molecule has 0 spiro atoms. The van der Waals surface area contributed by atoms with Crippen molar-refractivity contribution in [1.82, 2.24) is 14.8 Å². The molecule has 2 aromatic rings. The van der Waals surface area contributed by atoms with Crippen molar-refractivity contribution in [3.05, 3.63) is 23.8 Å². The minimum absolute atomic E-state index is 0.0964. The van der Waals surface area contributed by atoms with Crippen LogP contribution in [0.5, 0.6) is 0 Å². The monoisotopic (exact) mass is 221 g/mol. The van der Waals surface area contributed by atoms with Crippen LogP contribution < -0.4 is 0 Å². The molecule has 0 saturated carbocycles. The molecule has 16 heavy (non-hydrogen) atoms. The number of carboxylic acid groups (broad SMARTS) is 1. The number of aromatic nitrogens is 3. The summed E-state index contributed by atoms with van der Waals surface area (Å²) in [6.45, 7) is 1.97. The molecule has 1 N–H and O–H groups in total. The van der Waals surface area contributed by atoms with Crippen molar-refractivity contribution < 1.29 is 14.3 Å². The minimum atomic E-state index is -1.10. The number of hydrogen-bond acceptors (Lipinski definition) is 4. The Morgan fingerprint density at radius 1 is 1.62 bits per heavy atom. The molecule has 0 unspecified atom stereocenters. The van der Waals surface area contributed by atoms with Gasteiger partial charge in [-0.15, -0.1) is 0 Å². The van der Waals surface area contributed by atoms with Crippen LogP contribution in [-0.2, 0) is 13.5 Å². The SMILES string of the molecule is CCc1nn(C)cc1-c1nc(C(=O)O)co1. The highest BCUT2D eigenvalue weighted by atomic mass is 16.4. The molecular weight excluding hydrogens is 210 g/mol. The molecule has 0 atom stereocenters. The second kappa shape index (κ2) is 3.80. The van der Waals surface area contributed by atoms with Crippen molar-refractivity contribution in [3.8, 4) is 11.5 Å². The number of rotatable bonds is 3. The first-order chi connectivity index (χ1) is 7.61. The predicted molar refractivity (Wildman–Crippen MR) is 55.0 cm³/mol. The van der Waals surface area contributed by atoms with E-state index in [9.17, 15) is 4.79 Å². The van der Waals surface area contributed by atoms with Gasteiger partial charge in [0.25, 0.3) is 0 Å². The molecule has 2 heterocycles. The Labute approximate surface area is 91.5 Å². The van der Waals surface area contributed by atoms with Crippen LogP contribution in [0.2, 0.25) is 0 Å². The van der Waals surface area contributed by atoms with E-state index in [1.165, 1.54) is 0 Å². The van der Waals surface area contributed by atoms with Crippen LogP contribution in [0.4, 0.5) is 0 Å². The van der Waals surface area contributed by atoms with Crippen molar-refractivity contribution in [2.45, 2.75) is 13.3 Å². The first-order valence-corrected chi connectivity index (χ1v) is 4.83. The Hall–Kier alpha value is -2.11. The number of carbonyl (C=O) groups is 1. The second-order valence-corrected chi connectivity index (χ2v) is 3.36. The fourth-order valence-corrected chi connectivity index (χ4v) is 1.47. The van der Waals surface area contributed by atoms with E-state index in [0.29, 0.717) is 5.89 Å². The normalized spacial score (nSPS) is 10.6. The fourth-order valence-electron chi connectivity index (χ4n) is 1.47. The van der Waals surface area contributed by atoms with Gasteiger partial charge in [-0.25, -0.2) is 9.78 Å². The number of aromatic carboxylic acids is 1. The van der Waals surface area contributed by atoms with Gasteiger partial charge in [-0.3, -0.25) is 4.68 Å². The van der Waals surface area contributed by atoms with Crippen LogP contribution in [0, 0.1) is 0 Å².